The monoisotopic (exact) mass is 485 g/mol. The number of halogens is 1. The van der Waals surface area contributed by atoms with Crippen LogP contribution in [0, 0.1) is 13.8 Å². The zero-order chi connectivity index (χ0) is 24.7. The summed E-state index contributed by atoms with van der Waals surface area (Å²) in [7, 11) is 1.44. The second-order valence-corrected chi connectivity index (χ2v) is 7.88. The van der Waals surface area contributed by atoms with Gasteiger partial charge in [0.05, 0.1) is 34.1 Å². The van der Waals surface area contributed by atoms with Crippen LogP contribution in [-0.2, 0) is 20.9 Å². The van der Waals surface area contributed by atoms with E-state index in [-0.39, 0.29) is 18.7 Å². The van der Waals surface area contributed by atoms with E-state index in [0.29, 0.717) is 22.2 Å². The lowest BCUT2D eigenvalue weighted by Gasteiger charge is -2.17. The third-order valence-corrected chi connectivity index (χ3v) is 5.27. The van der Waals surface area contributed by atoms with Gasteiger partial charge in [0, 0.05) is 7.05 Å². The molecular formula is C24H24ClN3O6. The highest BCUT2D eigenvalue weighted by molar-refractivity contribution is 6.33. The Morgan fingerprint density at radius 3 is 2.44 bits per heavy atom. The maximum atomic E-state index is 12.3. The number of aryl methyl sites for hydroxylation is 2. The Bertz CT molecular complexity index is 1160. The van der Waals surface area contributed by atoms with Crippen molar-refractivity contribution in [2.75, 3.05) is 25.5 Å². The number of likely N-dealkylation sites (N-methyl/N-ethyl adjacent to an activating group) is 1. The summed E-state index contributed by atoms with van der Waals surface area (Å²) in [5.41, 5.74) is 2.33. The normalized spacial score (nSPS) is 10.5. The Hall–Kier alpha value is -3.85. The third-order valence-electron chi connectivity index (χ3n) is 4.94. The zero-order valence-electron chi connectivity index (χ0n) is 19.0. The van der Waals surface area contributed by atoms with Gasteiger partial charge in [0.1, 0.15) is 18.1 Å². The molecule has 3 aromatic rings. The highest BCUT2D eigenvalue weighted by Crippen LogP contribution is 2.20. The molecule has 0 aliphatic heterocycles. The van der Waals surface area contributed by atoms with Crippen molar-refractivity contribution >= 4 is 35.1 Å². The maximum absolute atomic E-state index is 12.3. The lowest BCUT2D eigenvalue weighted by atomic mass is 10.2. The largest absolute Gasteiger partial charge is 0.489 e. The summed E-state index contributed by atoms with van der Waals surface area (Å²) in [6.07, 6.45) is 0. The highest BCUT2D eigenvalue weighted by atomic mass is 35.5. The van der Waals surface area contributed by atoms with Gasteiger partial charge >= 0.3 is 5.97 Å². The van der Waals surface area contributed by atoms with Crippen LogP contribution in [0.2, 0.25) is 5.02 Å². The molecule has 9 nitrogen and oxygen atoms in total. The van der Waals surface area contributed by atoms with Crippen LogP contribution in [0.4, 0.5) is 5.69 Å². The second-order valence-electron chi connectivity index (χ2n) is 7.47. The van der Waals surface area contributed by atoms with Gasteiger partial charge in [-0.3, -0.25) is 9.59 Å². The molecule has 0 spiro atoms. The molecule has 1 aromatic heterocycles. The molecule has 0 bridgehead atoms. The number of carbonyl (C=O) groups is 3. The Labute approximate surface area is 201 Å². The van der Waals surface area contributed by atoms with Gasteiger partial charge in [-0.05, 0) is 50.2 Å². The number of rotatable bonds is 9. The molecule has 0 saturated heterocycles. The number of hydrogen-bond acceptors (Lipinski definition) is 7. The number of carbonyl (C=O) groups excluding carboxylic acids is 3. The summed E-state index contributed by atoms with van der Waals surface area (Å²) in [6, 6.07) is 13.1. The van der Waals surface area contributed by atoms with Gasteiger partial charge in [0.15, 0.2) is 6.61 Å². The van der Waals surface area contributed by atoms with Crippen LogP contribution in [0.1, 0.15) is 27.4 Å². The average Bonchev–Trinajstić information content (AvgIpc) is 3.14. The maximum Gasteiger partial charge on any atom is 0.338 e. The first-order chi connectivity index (χ1) is 16.2. The number of amides is 2. The van der Waals surface area contributed by atoms with Crippen molar-refractivity contribution in [1.82, 2.24) is 10.1 Å². The average molecular weight is 486 g/mol. The molecule has 0 fully saturated rings. The number of nitrogens with zero attached hydrogens (tertiary/aromatic N) is 2. The number of esters is 1. The van der Waals surface area contributed by atoms with Crippen LogP contribution in [0.15, 0.2) is 53.1 Å². The molecule has 0 unspecified atom stereocenters. The molecule has 1 N–H and O–H groups in total. The summed E-state index contributed by atoms with van der Waals surface area (Å²) in [5, 5.41) is 6.89. The number of ether oxygens (including phenoxy) is 2. The first-order valence-electron chi connectivity index (χ1n) is 10.3. The minimum absolute atomic E-state index is 0.223. The fourth-order valence-corrected chi connectivity index (χ4v) is 3.11. The minimum Gasteiger partial charge on any atom is -0.489 e. The molecule has 0 aliphatic rings. The summed E-state index contributed by atoms with van der Waals surface area (Å²) in [6.45, 7) is 3.20. The smallest absolute Gasteiger partial charge is 0.338 e. The lowest BCUT2D eigenvalue weighted by molar-refractivity contribution is -0.136. The number of benzene rings is 2. The molecular weight excluding hydrogens is 462 g/mol. The van der Waals surface area contributed by atoms with E-state index in [0.717, 1.165) is 16.2 Å². The third kappa shape index (κ3) is 6.58. The Morgan fingerprint density at radius 2 is 1.79 bits per heavy atom. The number of aromatic nitrogens is 1. The van der Waals surface area contributed by atoms with Crippen molar-refractivity contribution in [3.8, 4) is 5.75 Å². The van der Waals surface area contributed by atoms with Gasteiger partial charge in [-0.25, -0.2) is 4.79 Å². The molecule has 2 aromatic carbocycles. The summed E-state index contributed by atoms with van der Waals surface area (Å²) >= 11 is 6.01. The van der Waals surface area contributed by atoms with E-state index in [1.165, 1.54) is 19.2 Å². The van der Waals surface area contributed by atoms with E-state index in [9.17, 15) is 14.4 Å². The van der Waals surface area contributed by atoms with E-state index in [4.69, 9.17) is 25.6 Å². The molecule has 0 radical (unpaired) electrons. The molecule has 178 valence electrons. The molecule has 10 heteroatoms. The molecule has 3 rings (SSSR count). The lowest BCUT2D eigenvalue weighted by Crippen LogP contribution is -2.37. The Morgan fingerprint density at radius 1 is 1.09 bits per heavy atom. The van der Waals surface area contributed by atoms with Gasteiger partial charge in [0.2, 0.25) is 5.91 Å². The van der Waals surface area contributed by atoms with Crippen molar-refractivity contribution in [2.24, 2.45) is 0 Å². The van der Waals surface area contributed by atoms with E-state index >= 15 is 0 Å². The van der Waals surface area contributed by atoms with Gasteiger partial charge in [0.25, 0.3) is 5.91 Å². The first-order valence-corrected chi connectivity index (χ1v) is 10.7. The molecule has 0 aliphatic carbocycles. The summed E-state index contributed by atoms with van der Waals surface area (Å²) in [5.74, 6) is -0.380. The van der Waals surface area contributed by atoms with Crippen LogP contribution >= 0.6 is 11.6 Å². The van der Waals surface area contributed by atoms with E-state index in [1.54, 1.807) is 36.4 Å². The van der Waals surface area contributed by atoms with Crippen molar-refractivity contribution in [2.45, 2.75) is 20.5 Å². The fourth-order valence-electron chi connectivity index (χ4n) is 2.93. The fraction of sp³-hybridized carbons (Fsp3) is 0.250. The molecule has 0 saturated carbocycles. The Balaban J connectivity index is 1.44. The van der Waals surface area contributed by atoms with Crippen molar-refractivity contribution in [1.29, 1.82) is 0 Å². The van der Waals surface area contributed by atoms with Gasteiger partial charge in [-0.15, -0.1) is 0 Å². The standard InChI is InChI=1S/C24H24ClN3O6/c1-15-19(16(2)34-27-15)13-32-18-10-8-17(9-11-18)24(31)33-14-23(30)28(3)12-22(29)26-21-7-5-4-6-20(21)25/h4-11H,12-14H2,1-3H3,(H,26,29). The Kier molecular flexibility index (Phi) is 8.26. The molecule has 1 heterocycles. The topological polar surface area (TPSA) is 111 Å². The van der Waals surface area contributed by atoms with Gasteiger partial charge < -0.3 is 24.2 Å². The van der Waals surface area contributed by atoms with Gasteiger partial charge in [-0.2, -0.15) is 0 Å². The van der Waals surface area contributed by atoms with Crippen LogP contribution in [0.25, 0.3) is 0 Å². The minimum atomic E-state index is -0.667. The number of nitrogens with one attached hydrogen (secondary N) is 1. The van der Waals surface area contributed by atoms with Crippen LogP contribution in [0.3, 0.4) is 0 Å². The number of para-hydroxylation sites is 1. The predicted molar refractivity (Wildman–Crippen MR) is 125 cm³/mol. The van der Waals surface area contributed by atoms with E-state index in [1.807, 2.05) is 13.8 Å². The van der Waals surface area contributed by atoms with Crippen LogP contribution in [0.5, 0.6) is 5.75 Å². The number of hydrogen-bond donors (Lipinski definition) is 1. The summed E-state index contributed by atoms with van der Waals surface area (Å²) < 4.78 is 15.9. The first kappa shape index (κ1) is 24.8. The van der Waals surface area contributed by atoms with Crippen molar-refractivity contribution in [3.63, 3.8) is 0 Å². The quantitative estimate of drug-likeness (QED) is 0.459. The SMILES string of the molecule is Cc1noc(C)c1COc1ccc(C(=O)OCC(=O)N(C)CC(=O)Nc2ccccc2Cl)cc1. The molecule has 0 atom stereocenters. The van der Waals surface area contributed by atoms with Crippen molar-refractivity contribution < 1.29 is 28.4 Å². The van der Waals surface area contributed by atoms with Gasteiger partial charge in [-0.1, -0.05) is 28.9 Å². The zero-order valence-corrected chi connectivity index (χ0v) is 19.7. The van der Waals surface area contributed by atoms with Crippen LogP contribution < -0.4 is 10.1 Å². The van der Waals surface area contributed by atoms with E-state index in [2.05, 4.69) is 10.5 Å². The molecule has 34 heavy (non-hydrogen) atoms. The predicted octanol–water partition coefficient (Wildman–Crippen LogP) is 3.78. The second kappa shape index (κ2) is 11.3. The summed E-state index contributed by atoms with van der Waals surface area (Å²) in [4.78, 5) is 37.8. The van der Waals surface area contributed by atoms with Crippen molar-refractivity contribution in [3.05, 3.63) is 76.1 Å². The number of anilines is 1. The van der Waals surface area contributed by atoms with E-state index < -0.39 is 24.4 Å². The molecule has 2 amide bonds. The highest BCUT2D eigenvalue weighted by Gasteiger charge is 2.17. The van der Waals surface area contributed by atoms with Crippen LogP contribution in [-0.4, -0.2) is 48.0 Å².